The maximum Gasteiger partial charge on any atom is 0.336 e. The number of carboxylic acids is 3. The average Bonchev–Trinajstić information content (AvgIpc) is 3.11. The average molecular weight is 724 g/mol. The molecule has 0 aliphatic carbocycles. The minimum atomic E-state index is -2.74. The number of unbranched alkanes of at least 4 members (excludes halogenated alkanes) is 8. The normalized spacial score (nSPS) is 11.7. The van der Waals surface area contributed by atoms with Gasteiger partial charge in [0.25, 0.3) is 0 Å². The molecule has 278 valence electrons. The Hall–Kier alpha value is -4.18. The lowest BCUT2D eigenvalue weighted by atomic mass is 9.95. The molecule has 0 atom stereocenters. The van der Waals surface area contributed by atoms with Crippen molar-refractivity contribution in [1.29, 1.82) is 0 Å². The molecular weight excluding hydrogens is 670 g/mol. The van der Waals surface area contributed by atoms with Gasteiger partial charge in [0.2, 0.25) is 0 Å². The molecule has 0 aliphatic rings. The Kier molecular flexibility index (Phi) is 20.3. The molecule has 10 heteroatoms. The van der Waals surface area contributed by atoms with E-state index in [1.807, 2.05) is 24.3 Å². The number of aliphatic carboxylic acids is 3. The lowest BCUT2D eigenvalue weighted by molar-refractivity contribution is -0.170. The second-order valence-corrected chi connectivity index (χ2v) is 12.9. The van der Waals surface area contributed by atoms with Crippen molar-refractivity contribution in [3.8, 4) is 5.75 Å². The first-order chi connectivity index (χ1) is 24.5. The number of hydrogen-bond acceptors (Lipinski definition) is 6. The molecule has 3 rings (SSSR count). The van der Waals surface area contributed by atoms with Gasteiger partial charge in [-0.2, -0.15) is 0 Å². The van der Waals surface area contributed by atoms with Gasteiger partial charge in [0.1, 0.15) is 5.75 Å². The van der Waals surface area contributed by atoms with Gasteiger partial charge in [0.05, 0.1) is 24.5 Å². The topological polar surface area (TPSA) is 145 Å². The summed E-state index contributed by atoms with van der Waals surface area (Å²) in [6.07, 6.45) is 9.60. The largest absolute Gasteiger partial charge is 0.494 e. The molecule has 9 nitrogen and oxygen atoms in total. The van der Waals surface area contributed by atoms with Crippen LogP contribution in [-0.4, -0.2) is 75.1 Å². The van der Waals surface area contributed by atoms with E-state index in [1.165, 1.54) is 71.0 Å². The first kappa shape index (κ1) is 43.0. The lowest BCUT2D eigenvalue weighted by Gasteiger charge is -2.18. The SMILES string of the molecule is CCN(CC)CCCCCCCCCCCOc1ccc(/C(=C(\Cl)c2ccccc2)c2ccccc2)cc1.O=C(O)CC(O)(CC(=O)O)C(=O)O. The molecule has 0 amide bonds. The van der Waals surface area contributed by atoms with Crippen LogP contribution < -0.4 is 4.74 Å². The third-order valence-electron chi connectivity index (χ3n) is 8.52. The van der Waals surface area contributed by atoms with Crippen molar-refractivity contribution < 1.29 is 39.5 Å². The van der Waals surface area contributed by atoms with Crippen LogP contribution >= 0.6 is 11.6 Å². The van der Waals surface area contributed by atoms with Gasteiger partial charge < -0.3 is 30.1 Å². The summed E-state index contributed by atoms with van der Waals surface area (Å²) in [6.45, 7) is 8.92. The van der Waals surface area contributed by atoms with E-state index in [-0.39, 0.29) is 0 Å². The fourth-order valence-electron chi connectivity index (χ4n) is 5.59. The summed E-state index contributed by atoms with van der Waals surface area (Å²) >= 11 is 6.94. The van der Waals surface area contributed by atoms with Crippen LogP contribution in [0.3, 0.4) is 0 Å². The number of benzene rings is 3. The van der Waals surface area contributed by atoms with Gasteiger partial charge in [0.15, 0.2) is 5.60 Å². The number of hydrogen-bond donors (Lipinski definition) is 4. The van der Waals surface area contributed by atoms with E-state index in [2.05, 4.69) is 79.4 Å². The van der Waals surface area contributed by atoms with Crippen LogP contribution in [0, 0.1) is 0 Å². The Balaban J connectivity index is 0.000000588. The molecule has 4 N–H and O–H groups in total. The summed E-state index contributed by atoms with van der Waals surface area (Å²) < 4.78 is 6.05. The Morgan fingerprint density at radius 3 is 1.51 bits per heavy atom. The Morgan fingerprint density at radius 2 is 1.06 bits per heavy atom. The maximum absolute atomic E-state index is 10.3. The van der Waals surface area contributed by atoms with E-state index in [0.717, 1.165) is 46.1 Å². The van der Waals surface area contributed by atoms with Crippen LogP contribution in [0.4, 0.5) is 0 Å². The Labute approximate surface area is 307 Å². The van der Waals surface area contributed by atoms with E-state index >= 15 is 0 Å². The van der Waals surface area contributed by atoms with Crippen LogP contribution in [0.1, 0.15) is 101 Å². The molecule has 0 bridgehead atoms. The molecule has 3 aromatic rings. The third-order valence-corrected chi connectivity index (χ3v) is 8.93. The van der Waals surface area contributed by atoms with Gasteiger partial charge in [0, 0.05) is 5.57 Å². The van der Waals surface area contributed by atoms with Crippen molar-refractivity contribution in [2.24, 2.45) is 0 Å². The summed E-state index contributed by atoms with van der Waals surface area (Å²) in [6, 6.07) is 28.9. The van der Waals surface area contributed by atoms with E-state index in [0.29, 0.717) is 0 Å². The molecule has 0 unspecified atom stereocenters. The minimum Gasteiger partial charge on any atom is -0.494 e. The van der Waals surface area contributed by atoms with Gasteiger partial charge >= 0.3 is 17.9 Å². The quantitative estimate of drug-likeness (QED) is 0.0557. The lowest BCUT2D eigenvalue weighted by Crippen LogP contribution is -2.42. The van der Waals surface area contributed by atoms with E-state index in [1.54, 1.807) is 0 Å². The molecule has 0 aliphatic heterocycles. The highest BCUT2D eigenvalue weighted by Crippen LogP contribution is 2.35. The highest BCUT2D eigenvalue weighted by Gasteiger charge is 2.40. The summed E-state index contributed by atoms with van der Waals surface area (Å²) in [5.74, 6) is -4.10. The predicted octanol–water partition coefficient (Wildman–Crippen LogP) is 8.83. The first-order valence-electron chi connectivity index (χ1n) is 17.9. The summed E-state index contributed by atoms with van der Waals surface area (Å²) in [5.41, 5.74) is 1.51. The van der Waals surface area contributed by atoms with E-state index < -0.39 is 36.4 Å². The number of ether oxygens (including phenoxy) is 1. The molecule has 0 saturated heterocycles. The highest BCUT2D eigenvalue weighted by molar-refractivity contribution is 6.53. The Morgan fingerprint density at radius 1 is 0.627 bits per heavy atom. The number of aliphatic hydroxyl groups is 1. The van der Waals surface area contributed by atoms with E-state index in [4.69, 9.17) is 36.8 Å². The zero-order valence-electron chi connectivity index (χ0n) is 29.9. The smallest absolute Gasteiger partial charge is 0.336 e. The second kappa shape index (κ2) is 24.1. The third kappa shape index (κ3) is 16.6. The predicted molar refractivity (Wildman–Crippen MR) is 203 cm³/mol. The molecule has 0 aromatic heterocycles. The standard InChI is InChI=1S/C35H46ClNO.C6H8O7/c1-3-37(4-2)28-18-10-8-6-5-7-9-11-19-29-38-33-26-24-31(25-27-33)34(30-20-14-12-15-21-30)35(36)32-22-16-13-17-23-32;7-3(8)1-6(13,5(11)12)2-4(9)10/h12-17,20-27H,3-11,18-19,28-29H2,1-2H3;13H,1-2H2,(H,7,8)(H,9,10)(H,11,12)/b35-34-;. The molecule has 0 fully saturated rings. The van der Waals surface area contributed by atoms with Crippen molar-refractivity contribution in [1.82, 2.24) is 4.90 Å². The summed E-state index contributed by atoms with van der Waals surface area (Å²) in [5, 5.41) is 34.6. The van der Waals surface area contributed by atoms with Gasteiger partial charge in [-0.05, 0) is 61.3 Å². The molecule has 0 radical (unpaired) electrons. The van der Waals surface area contributed by atoms with Gasteiger partial charge in [-0.15, -0.1) is 0 Å². The second-order valence-electron chi connectivity index (χ2n) is 12.5. The summed E-state index contributed by atoms with van der Waals surface area (Å²) in [4.78, 5) is 33.0. The zero-order chi connectivity index (χ0) is 37.5. The molecule has 0 heterocycles. The monoisotopic (exact) mass is 723 g/mol. The number of nitrogens with zero attached hydrogens (tertiary/aromatic N) is 1. The van der Waals surface area contributed by atoms with Crippen molar-refractivity contribution in [3.05, 3.63) is 102 Å². The van der Waals surface area contributed by atoms with Gasteiger partial charge in [-0.3, -0.25) is 9.59 Å². The van der Waals surface area contributed by atoms with Crippen LogP contribution in [-0.2, 0) is 14.4 Å². The number of carboxylic acid groups (broad SMARTS) is 3. The molecule has 51 heavy (non-hydrogen) atoms. The number of halogens is 1. The van der Waals surface area contributed by atoms with Crippen LogP contribution in [0.2, 0.25) is 0 Å². The van der Waals surface area contributed by atoms with Crippen LogP contribution in [0.5, 0.6) is 5.75 Å². The zero-order valence-corrected chi connectivity index (χ0v) is 30.7. The minimum absolute atomic E-state index is 0.755. The fourth-order valence-corrected chi connectivity index (χ4v) is 5.93. The molecular formula is C41H54ClNO8. The first-order valence-corrected chi connectivity index (χ1v) is 18.2. The summed E-state index contributed by atoms with van der Waals surface area (Å²) in [7, 11) is 0. The van der Waals surface area contributed by atoms with Crippen molar-refractivity contribution in [2.45, 2.75) is 90.1 Å². The van der Waals surface area contributed by atoms with Crippen molar-refractivity contribution >= 4 is 40.1 Å². The maximum atomic E-state index is 10.3. The van der Waals surface area contributed by atoms with Crippen LogP contribution in [0.25, 0.3) is 10.6 Å². The molecule has 0 spiro atoms. The highest BCUT2D eigenvalue weighted by atomic mass is 35.5. The number of rotatable bonds is 23. The fraction of sp³-hybridized carbons (Fsp3) is 0.439. The van der Waals surface area contributed by atoms with E-state index in [9.17, 15) is 14.4 Å². The van der Waals surface area contributed by atoms with Gasteiger partial charge in [-0.25, -0.2) is 4.79 Å². The van der Waals surface area contributed by atoms with Crippen molar-refractivity contribution in [3.63, 3.8) is 0 Å². The Bertz CT molecular complexity index is 1460. The number of carbonyl (C=O) groups is 3. The van der Waals surface area contributed by atoms with Gasteiger partial charge in [-0.1, -0.05) is 143 Å². The molecule has 3 aromatic carbocycles. The molecule has 0 saturated carbocycles. The van der Waals surface area contributed by atoms with Crippen molar-refractivity contribution in [2.75, 3.05) is 26.2 Å². The van der Waals surface area contributed by atoms with Crippen LogP contribution in [0.15, 0.2) is 84.9 Å².